The van der Waals surface area contributed by atoms with Crippen LogP contribution in [0.3, 0.4) is 0 Å². The van der Waals surface area contributed by atoms with Crippen LogP contribution in [0.1, 0.15) is 12.5 Å². The second kappa shape index (κ2) is 5.62. The van der Waals surface area contributed by atoms with Gasteiger partial charge in [0.25, 0.3) is 0 Å². The van der Waals surface area contributed by atoms with Crippen LogP contribution in [0.2, 0.25) is 0 Å². The van der Waals surface area contributed by atoms with Crippen LogP contribution in [-0.4, -0.2) is 28.0 Å². The molecule has 1 unspecified atom stereocenters. The first kappa shape index (κ1) is 14.5. The second-order valence-electron chi connectivity index (χ2n) is 4.42. The molecule has 0 aliphatic rings. The van der Waals surface area contributed by atoms with Crippen LogP contribution in [0, 0.1) is 5.82 Å². The van der Waals surface area contributed by atoms with Crippen molar-refractivity contribution < 1.29 is 19.1 Å². The molecule has 3 N–H and O–H groups in total. The van der Waals surface area contributed by atoms with E-state index < -0.39 is 23.7 Å². The number of nitrogens with one attached hydrogen (secondary N) is 2. The summed E-state index contributed by atoms with van der Waals surface area (Å²) < 4.78 is 13.8. The lowest BCUT2D eigenvalue weighted by molar-refractivity contribution is -0.141. The summed E-state index contributed by atoms with van der Waals surface area (Å²) in [5.41, 5.74) is 1.26. The van der Waals surface area contributed by atoms with E-state index in [-0.39, 0.29) is 6.42 Å². The lowest BCUT2D eigenvalue weighted by atomic mass is 10.0. The van der Waals surface area contributed by atoms with Crippen molar-refractivity contribution in [3.05, 3.63) is 34.2 Å². The number of hydrogen-bond acceptors (Lipinski definition) is 2. The Hall–Kier alpha value is -1.89. The molecule has 5 nitrogen and oxygen atoms in total. The Kier molecular flexibility index (Phi) is 4.08. The predicted molar refractivity (Wildman–Crippen MR) is 74.9 cm³/mol. The molecule has 2 rings (SSSR count). The summed E-state index contributed by atoms with van der Waals surface area (Å²) in [5.74, 6) is -1.93. The van der Waals surface area contributed by atoms with Crippen molar-refractivity contribution >= 4 is 38.7 Å². The summed E-state index contributed by atoms with van der Waals surface area (Å²) in [6, 6.07) is 1.62. The molecule has 0 saturated heterocycles. The Morgan fingerprint density at radius 3 is 2.80 bits per heavy atom. The molecular formula is C13H12BrFN2O3. The standard InChI is InChI=1S/C13H12BrFN2O3/c1-6(18)17-11(13(19)20)2-7-5-16-10-4-8(15)3-9(14)12(7)10/h3-5,11,16H,2H2,1H3,(H,17,18)(H,19,20). The van der Waals surface area contributed by atoms with Gasteiger partial charge in [0, 0.05) is 34.9 Å². The molecule has 1 aromatic carbocycles. The Morgan fingerprint density at radius 2 is 2.20 bits per heavy atom. The van der Waals surface area contributed by atoms with E-state index in [4.69, 9.17) is 5.11 Å². The Morgan fingerprint density at radius 1 is 1.50 bits per heavy atom. The zero-order valence-electron chi connectivity index (χ0n) is 10.5. The van der Waals surface area contributed by atoms with Crippen LogP contribution in [-0.2, 0) is 16.0 Å². The number of halogens is 2. The van der Waals surface area contributed by atoms with Crippen molar-refractivity contribution in [1.82, 2.24) is 10.3 Å². The number of H-pyrrole nitrogens is 1. The molecule has 0 radical (unpaired) electrons. The molecule has 0 spiro atoms. The van der Waals surface area contributed by atoms with E-state index in [9.17, 15) is 14.0 Å². The highest BCUT2D eigenvalue weighted by Gasteiger charge is 2.21. The predicted octanol–water partition coefficient (Wildman–Crippen LogP) is 2.20. The molecule has 0 aliphatic carbocycles. The van der Waals surface area contributed by atoms with Crippen LogP contribution in [0.5, 0.6) is 0 Å². The van der Waals surface area contributed by atoms with E-state index in [2.05, 4.69) is 26.2 Å². The Labute approximate surface area is 122 Å². The van der Waals surface area contributed by atoms with Gasteiger partial charge in [0.1, 0.15) is 11.9 Å². The largest absolute Gasteiger partial charge is 0.480 e. The highest BCUT2D eigenvalue weighted by molar-refractivity contribution is 9.10. The van der Waals surface area contributed by atoms with E-state index >= 15 is 0 Å². The molecule has 20 heavy (non-hydrogen) atoms. The number of aromatic nitrogens is 1. The van der Waals surface area contributed by atoms with Gasteiger partial charge >= 0.3 is 5.97 Å². The van der Waals surface area contributed by atoms with Crippen LogP contribution >= 0.6 is 15.9 Å². The van der Waals surface area contributed by atoms with Crippen molar-refractivity contribution in [2.45, 2.75) is 19.4 Å². The molecule has 1 atom stereocenters. The van der Waals surface area contributed by atoms with Gasteiger partial charge in [0.15, 0.2) is 0 Å². The van der Waals surface area contributed by atoms with Crippen LogP contribution in [0.4, 0.5) is 4.39 Å². The number of amides is 1. The Bertz CT molecular complexity index is 684. The summed E-state index contributed by atoms with van der Waals surface area (Å²) in [6.07, 6.45) is 1.73. The number of carbonyl (C=O) groups is 2. The maximum Gasteiger partial charge on any atom is 0.326 e. The van der Waals surface area contributed by atoms with Gasteiger partial charge in [-0.05, 0) is 33.6 Å². The van der Waals surface area contributed by atoms with Gasteiger partial charge in [-0.2, -0.15) is 0 Å². The number of hydrogen-bond donors (Lipinski definition) is 3. The maximum atomic E-state index is 13.3. The number of benzene rings is 1. The van der Waals surface area contributed by atoms with Crippen molar-refractivity contribution in [3.8, 4) is 0 Å². The molecule has 0 bridgehead atoms. The summed E-state index contributed by atoms with van der Waals surface area (Å²) in [7, 11) is 0. The van der Waals surface area contributed by atoms with Crippen molar-refractivity contribution in [2.75, 3.05) is 0 Å². The van der Waals surface area contributed by atoms with E-state index in [1.54, 1.807) is 6.20 Å². The third-order valence-electron chi connectivity index (χ3n) is 2.88. The van der Waals surface area contributed by atoms with E-state index in [0.717, 1.165) is 0 Å². The number of rotatable bonds is 4. The summed E-state index contributed by atoms with van der Waals surface area (Å²) in [4.78, 5) is 25.1. The average molecular weight is 343 g/mol. The van der Waals surface area contributed by atoms with Gasteiger partial charge in [-0.15, -0.1) is 0 Å². The molecule has 0 fully saturated rings. The van der Waals surface area contributed by atoms with E-state index in [0.29, 0.717) is 20.9 Å². The average Bonchev–Trinajstić information content (AvgIpc) is 2.70. The maximum absolute atomic E-state index is 13.3. The van der Waals surface area contributed by atoms with Crippen molar-refractivity contribution in [2.24, 2.45) is 0 Å². The fourth-order valence-corrected chi connectivity index (χ4v) is 2.76. The lowest BCUT2D eigenvalue weighted by Crippen LogP contribution is -2.41. The number of aromatic amines is 1. The minimum Gasteiger partial charge on any atom is -0.480 e. The summed E-state index contributed by atoms with van der Waals surface area (Å²) in [5, 5.41) is 12.2. The quantitative estimate of drug-likeness (QED) is 0.796. The molecular weight excluding hydrogens is 331 g/mol. The second-order valence-corrected chi connectivity index (χ2v) is 5.27. The molecule has 1 amide bonds. The summed E-state index contributed by atoms with van der Waals surface area (Å²) >= 11 is 3.26. The minimum absolute atomic E-state index is 0.110. The molecule has 2 aromatic rings. The van der Waals surface area contributed by atoms with Crippen LogP contribution < -0.4 is 5.32 Å². The topological polar surface area (TPSA) is 82.2 Å². The van der Waals surface area contributed by atoms with Gasteiger partial charge in [-0.25, -0.2) is 9.18 Å². The molecule has 1 aromatic heterocycles. The van der Waals surface area contributed by atoms with Gasteiger partial charge in [0.05, 0.1) is 0 Å². The molecule has 0 saturated carbocycles. The van der Waals surface area contributed by atoms with Crippen molar-refractivity contribution in [1.29, 1.82) is 0 Å². The zero-order valence-corrected chi connectivity index (χ0v) is 12.1. The number of carboxylic acid groups (broad SMARTS) is 1. The van der Waals surface area contributed by atoms with Crippen LogP contribution in [0.15, 0.2) is 22.8 Å². The van der Waals surface area contributed by atoms with Gasteiger partial charge < -0.3 is 15.4 Å². The monoisotopic (exact) mass is 342 g/mol. The third kappa shape index (κ3) is 2.98. The first-order valence-electron chi connectivity index (χ1n) is 5.83. The number of fused-ring (bicyclic) bond motifs is 1. The van der Waals surface area contributed by atoms with Crippen LogP contribution in [0.25, 0.3) is 10.9 Å². The van der Waals surface area contributed by atoms with Gasteiger partial charge in [0.2, 0.25) is 5.91 Å². The van der Waals surface area contributed by atoms with Gasteiger partial charge in [-0.3, -0.25) is 4.79 Å². The first-order valence-corrected chi connectivity index (χ1v) is 6.62. The first-order chi connectivity index (χ1) is 9.38. The fraction of sp³-hybridized carbons (Fsp3) is 0.231. The molecule has 1 heterocycles. The highest BCUT2D eigenvalue weighted by atomic mass is 79.9. The lowest BCUT2D eigenvalue weighted by Gasteiger charge is -2.12. The third-order valence-corrected chi connectivity index (χ3v) is 3.50. The minimum atomic E-state index is -1.12. The smallest absolute Gasteiger partial charge is 0.326 e. The van der Waals surface area contributed by atoms with Crippen molar-refractivity contribution in [3.63, 3.8) is 0 Å². The highest BCUT2D eigenvalue weighted by Crippen LogP contribution is 2.29. The Balaban J connectivity index is 2.38. The molecule has 0 aliphatic heterocycles. The molecule has 106 valence electrons. The zero-order chi connectivity index (χ0) is 14.9. The van der Waals surface area contributed by atoms with Gasteiger partial charge in [-0.1, -0.05) is 0 Å². The number of aliphatic carboxylic acids is 1. The number of carbonyl (C=O) groups excluding carboxylic acids is 1. The SMILES string of the molecule is CC(=O)NC(Cc1c[nH]c2cc(F)cc(Br)c12)C(=O)O. The van der Waals surface area contributed by atoms with E-state index in [1.165, 1.54) is 19.1 Å². The number of carboxylic acids is 1. The summed E-state index contributed by atoms with van der Waals surface area (Å²) in [6.45, 7) is 1.26. The molecule has 7 heteroatoms. The fourth-order valence-electron chi connectivity index (χ4n) is 2.08. The van der Waals surface area contributed by atoms with E-state index in [1.807, 2.05) is 0 Å². The normalized spacial score (nSPS) is 12.3.